The molecule has 15 heavy (non-hydrogen) atoms. The van der Waals surface area contributed by atoms with Gasteiger partial charge in [-0.3, -0.25) is 0 Å². The monoisotopic (exact) mass is 239 g/mol. The van der Waals surface area contributed by atoms with E-state index in [0.29, 0.717) is 16.3 Å². The second-order valence-electron chi connectivity index (χ2n) is 2.88. The summed E-state index contributed by atoms with van der Waals surface area (Å²) in [5, 5.41) is 11.2. The van der Waals surface area contributed by atoms with E-state index in [9.17, 15) is 4.79 Å². The van der Waals surface area contributed by atoms with Crippen LogP contribution in [0, 0.1) is 0 Å². The normalized spacial score (nSPS) is 10.2. The Kier molecular flexibility index (Phi) is 2.70. The first-order chi connectivity index (χ1) is 7.18. The maximum atomic E-state index is 11.0. The lowest BCUT2D eigenvalue weighted by Crippen LogP contribution is -1.99. The Labute approximate surface area is 95.1 Å². The van der Waals surface area contributed by atoms with Crippen molar-refractivity contribution in [2.45, 2.75) is 0 Å². The molecule has 0 amide bonds. The quantitative estimate of drug-likeness (QED) is 0.876. The number of halogens is 1. The van der Waals surface area contributed by atoms with E-state index >= 15 is 0 Å². The van der Waals surface area contributed by atoms with Crippen LogP contribution in [0.1, 0.15) is 10.4 Å². The fourth-order valence-electron chi connectivity index (χ4n) is 1.27. The third-order valence-electron chi connectivity index (χ3n) is 1.93. The topological polar surface area (TPSA) is 50.2 Å². The first kappa shape index (κ1) is 10.1. The Hall–Kier alpha value is -1.39. The van der Waals surface area contributed by atoms with Crippen LogP contribution in [0.15, 0.2) is 29.6 Å². The number of carbonyl (C=O) groups is 1. The van der Waals surface area contributed by atoms with Gasteiger partial charge in [0, 0.05) is 16.0 Å². The predicted molar refractivity (Wildman–Crippen MR) is 59.5 cm³/mol. The minimum absolute atomic E-state index is 0.174. The molecule has 0 spiro atoms. The van der Waals surface area contributed by atoms with Crippen LogP contribution in [0.25, 0.3) is 11.3 Å². The highest BCUT2D eigenvalue weighted by atomic mass is 35.5. The molecule has 1 N–H and O–H groups in total. The molecule has 3 nitrogen and oxygen atoms in total. The van der Waals surface area contributed by atoms with Crippen LogP contribution < -0.4 is 0 Å². The predicted octanol–water partition coefficient (Wildman–Crippen LogP) is 3.16. The molecule has 0 atom stereocenters. The zero-order valence-corrected chi connectivity index (χ0v) is 9.05. The van der Waals surface area contributed by atoms with Gasteiger partial charge in [0.15, 0.2) is 0 Å². The minimum Gasteiger partial charge on any atom is -0.478 e. The van der Waals surface area contributed by atoms with E-state index in [4.69, 9.17) is 16.7 Å². The molecule has 2 rings (SSSR count). The number of benzene rings is 1. The summed E-state index contributed by atoms with van der Waals surface area (Å²) in [6.45, 7) is 0. The van der Waals surface area contributed by atoms with E-state index in [1.165, 1.54) is 17.6 Å². The summed E-state index contributed by atoms with van der Waals surface area (Å²) in [6.07, 6.45) is 0. The third kappa shape index (κ3) is 2.00. The van der Waals surface area contributed by atoms with E-state index in [1.54, 1.807) is 23.6 Å². The summed E-state index contributed by atoms with van der Waals surface area (Å²) in [7, 11) is 0. The van der Waals surface area contributed by atoms with Crippen LogP contribution in [0.2, 0.25) is 5.02 Å². The fourth-order valence-corrected chi connectivity index (χ4v) is 1.96. The number of aromatic nitrogens is 1. The molecule has 0 radical (unpaired) electrons. The SMILES string of the molecule is O=C(O)c1cc(Cl)ccc1-c1ccsn1. The van der Waals surface area contributed by atoms with Crippen molar-refractivity contribution in [3.63, 3.8) is 0 Å². The average Bonchev–Trinajstić information content (AvgIpc) is 2.70. The number of carboxylic acid groups (broad SMARTS) is 1. The van der Waals surface area contributed by atoms with Crippen LogP contribution in [-0.4, -0.2) is 15.4 Å². The molecule has 0 aliphatic rings. The van der Waals surface area contributed by atoms with E-state index < -0.39 is 5.97 Å². The summed E-state index contributed by atoms with van der Waals surface area (Å²) in [5.74, 6) is -1.000. The summed E-state index contributed by atoms with van der Waals surface area (Å²) in [4.78, 5) is 11.0. The van der Waals surface area contributed by atoms with Gasteiger partial charge >= 0.3 is 5.97 Å². The van der Waals surface area contributed by atoms with Crippen molar-refractivity contribution in [3.05, 3.63) is 40.2 Å². The van der Waals surface area contributed by atoms with Crippen molar-refractivity contribution in [1.82, 2.24) is 4.37 Å². The molecule has 0 bridgehead atoms. The van der Waals surface area contributed by atoms with E-state index in [2.05, 4.69) is 4.37 Å². The molecule has 1 aromatic carbocycles. The molecular formula is C10H6ClNO2S. The van der Waals surface area contributed by atoms with Gasteiger partial charge in [0.05, 0.1) is 11.3 Å². The van der Waals surface area contributed by atoms with Gasteiger partial charge in [-0.25, -0.2) is 4.79 Å². The van der Waals surface area contributed by atoms with Crippen LogP contribution in [0.3, 0.4) is 0 Å². The minimum atomic E-state index is -1.000. The maximum absolute atomic E-state index is 11.0. The lowest BCUT2D eigenvalue weighted by molar-refractivity contribution is 0.0697. The molecule has 0 aliphatic heterocycles. The molecule has 0 fully saturated rings. The molecule has 76 valence electrons. The fraction of sp³-hybridized carbons (Fsp3) is 0. The Balaban J connectivity index is 2.61. The zero-order chi connectivity index (χ0) is 10.8. The largest absolute Gasteiger partial charge is 0.478 e. The van der Waals surface area contributed by atoms with Crippen molar-refractivity contribution in [1.29, 1.82) is 0 Å². The van der Waals surface area contributed by atoms with E-state index in [-0.39, 0.29) is 5.56 Å². The molecule has 5 heteroatoms. The number of aromatic carboxylic acids is 1. The standard InChI is InChI=1S/C10H6ClNO2S/c11-6-1-2-7(8(5-6)10(13)14)9-3-4-15-12-9/h1-5H,(H,13,14). The first-order valence-electron chi connectivity index (χ1n) is 4.12. The number of carboxylic acids is 1. The average molecular weight is 240 g/mol. The molecule has 0 saturated heterocycles. The highest BCUT2D eigenvalue weighted by Crippen LogP contribution is 2.25. The Morgan fingerprint density at radius 1 is 1.40 bits per heavy atom. The van der Waals surface area contributed by atoms with E-state index in [1.807, 2.05) is 0 Å². The third-order valence-corrected chi connectivity index (χ3v) is 2.72. The molecule has 0 saturated carbocycles. The van der Waals surface area contributed by atoms with Crippen molar-refractivity contribution in [2.24, 2.45) is 0 Å². The lowest BCUT2D eigenvalue weighted by Gasteiger charge is -2.03. The summed E-state index contributed by atoms with van der Waals surface area (Å²) in [6, 6.07) is 6.53. The van der Waals surface area contributed by atoms with Gasteiger partial charge in [-0.15, -0.1) is 0 Å². The van der Waals surface area contributed by atoms with E-state index in [0.717, 1.165) is 0 Å². The summed E-state index contributed by atoms with van der Waals surface area (Å²) < 4.78 is 4.09. The molecule has 2 aromatic rings. The highest BCUT2D eigenvalue weighted by molar-refractivity contribution is 7.03. The second kappa shape index (κ2) is 4.00. The zero-order valence-electron chi connectivity index (χ0n) is 7.48. The second-order valence-corrected chi connectivity index (χ2v) is 3.98. The molecular weight excluding hydrogens is 234 g/mol. The highest BCUT2D eigenvalue weighted by Gasteiger charge is 2.13. The summed E-state index contributed by atoms with van der Waals surface area (Å²) >= 11 is 7.02. The van der Waals surface area contributed by atoms with Crippen molar-refractivity contribution < 1.29 is 9.90 Å². The van der Waals surface area contributed by atoms with Crippen molar-refractivity contribution in [3.8, 4) is 11.3 Å². The Morgan fingerprint density at radius 3 is 2.80 bits per heavy atom. The Bertz CT molecular complexity index is 496. The van der Waals surface area contributed by atoms with Gasteiger partial charge in [-0.2, -0.15) is 4.37 Å². The molecule has 1 aromatic heterocycles. The number of hydrogen-bond acceptors (Lipinski definition) is 3. The van der Waals surface area contributed by atoms with Gasteiger partial charge in [0.1, 0.15) is 0 Å². The van der Waals surface area contributed by atoms with Crippen molar-refractivity contribution in [2.75, 3.05) is 0 Å². The smallest absolute Gasteiger partial charge is 0.336 e. The van der Waals surface area contributed by atoms with Gasteiger partial charge in [-0.1, -0.05) is 17.7 Å². The van der Waals surface area contributed by atoms with Crippen LogP contribution in [0.5, 0.6) is 0 Å². The van der Waals surface area contributed by atoms with Gasteiger partial charge in [0.25, 0.3) is 0 Å². The maximum Gasteiger partial charge on any atom is 0.336 e. The van der Waals surface area contributed by atoms with Gasteiger partial charge < -0.3 is 5.11 Å². The number of rotatable bonds is 2. The summed E-state index contributed by atoms with van der Waals surface area (Å²) in [5.41, 5.74) is 1.43. The number of nitrogens with zero attached hydrogens (tertiary/aromatic N) is 1. The van der Waals surface area contributed by atoms with Crippen LogP contribution in [-0.2, 0) is 0 Å². The molecule has 0 aliphatic carbocycles. The lowest BCUT2D eigenvalue weighted by atomic mass is 10.1. The Morgan fingerprint density at radius 2 is 2.20 bits per heavy atom. The molecule has 1 heterocycles. The van der Waals surface area contributed by atoms with Crippen LogP contribution >= 0.6 is 23.1 Å². The molecule has 0 unspecified atom stereocenters. The van der Waals surface area contributed by atoms with Gasteiger partial charge in [-0.05, 0) is 29.7 Å². The van der Waals surface area contributed by atoms with Crippen molar-refractivity contribution >= 4 is 29.1 Å². The number of hydrogen-bond donors (Lipinski definition) is 1. The first-order valence-corrected chi connectivity index (χ1v) is 5.33. The van der Waals surface area contributed by atoms with Crippen LogP contribution in [0.4, 0.5) is 0 Å². The van der Waals surface area contributed by atoms with Gasteiger partial charge in [0.2, 0.25) is 0 Å².